The van der Waals surface area contributed by atoms with E-state index in [4.69, 9.17) is 4.74 Å². The number of carbonyl (C=O) groups excluding carboxylic acids is 2. The minimum atomic E-state index is -0.567. The second-order valence-electron chi connectivity index (χ2n) is 7.82. The largest absolute Gasteiger partial charge is 0.444 e. The standard InChI is InChI=1S/C19H28N2O3/c1-14(15-10-8-7-9-11-15)21-13-19(5,12-16(21)22)20(6)17(23)24-18(2,3)4/h7-11,14H,12-13H2,1-6H3/t14-,19+/m1/s1. The highest BCUT2D eigenvalue weighted by Crippen LogP contribution is 2.34. The van der Waals surface area contributed by atoms with Gasteiger partial charge in [0.15, 0.2) is 0 Å². The fourth-order valence-electron chi connectivity index (χ4n) is 2.98. The van der Waals surface area contributed by atoms with Gasteiger partial charge >= 0.3 is 6.09 Å². The highest BCUT2D eigenvalue weighted by molar-refractivity contribution is 5.82. The summed E-state index contributed by atoms with van der Waals surface area (Å²) in [6, 6.07) is 9.92. The van der Waals surface area contributed by atoms with E-state index in [9.17, 15) is 9.59 Å². The van der Waals surface area contributed by atoms with Crippen LogP contribution in [0.1, 0.15) is 52.6 Å². The number of likely N-dealkylation sites (tertiary alicyclic amines) is 1. The van der Waals surface area contributed by atoms with Crippen LogP contribution in [0.5, 0.6) is 0 Å². The fraction of sp³-hybridized carbons (Fsp3) is 0.579. The summed E-state index contributed by atoms with van der Waals surface area (Å²) in [5, 5.41) is 0. The Labute approximate surface area is 144 Å². The first kappa shape index (κ1) is 18.3. The van der Waals surface area contributed by atoms with Gasteiger partial charge in [-0.05, 0) is 40.2 Å². The Morgan fingerprint density at radius 2 is 1.88 bits per heavy atom. The van der Waals surface area contributed by atoms with Crippen molar-refractivity contribution in [3.63, 3.8) is 0 Å². The summed E-state index contributed by atoms with van der Waals surface area (Å²) in [5.74, 6) is 0.0595. The lowest BCUT2D eigenvalue weighted by molar-refractivity contribution is -0.129. The number of hydrogen-bond acceptors (Lipinski definition) is 3. The topological polar surface area (TPSA) is 49.9 Å². The van der Waals surface area contributed by atoms with Gasteiger partial charge in [-0.15, -0.1) is 0 Å². The van der Waals surface area contributed by atoms with Crippen LogP contribution in [0.4, 0.5) is 4.79 Å². The van der Waals surface area contributed by atoms with E-state index in [-0.39, 0.29) is 11.9 Å². The van der Waals surface area contributed by atoms with Crippen molar-refractivity contribution in [1.82, 2.24) is 9.80 Å². The van der Waals surface area contributed by atoms with Gasteiger partial charge in [0.25, 0.3) is 0 Å². The molecule has 24 heavy (non-hydrogen) atoms. The second-order valence-corrected chi connectivity index (χ2v) is 7.82. The molecule has 1 aliphatic heterocycles. The average molecular weight is 332 g/mol. The average Bonchev–Trinajstić information content (AvgIpc) is 2.81. The van der Waals surface area contributed by atoms with Gasteiger partial charge in [0.05, 0.1) is 18.0 Å². The molecule has 1 heterocycles. The van der Waals surface area contributed by atoms with Crippen molar-refractivity contribution < 1.29 is 14.3 Å². The van der Waals surface area contributed by atoms with Crippen LogP contribution in [-0.4, -0.2) is 46.5 Å². The molecule has 5 nitrogen and oxygen atoms in total. The van der Waals surface area contributed by atoms with Gasteiger partial charge in [-0.2, -0.15) is 0 Å². The summed E-state index contributed by atoms with van der Waals surface area (Å²) in [6.45, 7) is 9.97. The highest BCUT2D eigenvalue weighted by Gasteiger charge is 2.46. The van der Waals surface area contributed by atoms with Crippen LogP contribution >= 0.6 is 0 Å². The van der Waals surface area contributed by atoms with Gasteiger partial charge in [-0.1, -0.05) is 30.3 Å². The van der Waals surface area contributed by atoms with E-state index in [0.717, 1.165) is 5.56 Å². The molecule has 1 aromatic carbocycles. The summed E-state index contributed by atoms with van der Waals surface area (Å²) < 4.78 is 5.45. The zero-order valence-corrected chi connectivity index (χ0v) is 15.5. The SMILES string of the molecule is C[C@H](c1ccccc1)N1C[C@@](C)(N(C)C(=O)OC(C)(C)C)CC1=O. The third-order valence-electron chi connectivity index (χ3n) is 4.59. The molecule has 0 spiro atoms. The van der Waals surface area contributed by atoms with Gasteiger partial charge in [0, 0.05) is 13.6 Å². The van der Waals surface area contributed by atoms with Crippen LogP contribution in [-0.2, 0) is 9.53 Å². The van der Waals surface area contributed by atoms with Gasteiger partial charge in [-0.3, -0.25) is 4.79 Å². The highest BCUT2D eigenvalue weighted by atomic mass is 16.6. The molecule has 1 aliphatic rings. The first-order valence-electron chi connectivity index (χ1n) is 8.35. The predicted molar refractivity (Wildman–Crippen MR) is 93.6 cm³/mol. The van der Waals surface area contributed by atoms with E-state index in [1.165, 1.54) is 0 Å². The van der Waals surface area contributed by atoms with Crippen LogP contribution in [0, 0.1) is 0 Å². The molecule has 132 valence electrons. The summed E-state index contributed by atoms with van der Waals surface area (Å²) >= 11 is 0. The molecule has 5 heteroatoms. The third kappa shape index (κ3) is 3.89. The monoisotopic (exact) mass is 332 g/mol. The number of nitrogens with zero attached hydrogens (tertiary/aromatic N) is 2. The van der Waals surface area contributed by atoms with E-state index < -0.39 is 17.2 Å². The molecule has 1 saturated heterocycles. The van der Waals surface area contributed by atoms with Gasteiger partial charge in [0.1, 0.15) is 5.60 Å². The lowest BCUT2D eigenvalue weighted by Crippen LogP contribution is -2.50. The Morgan fingerprint density at radius 1 is 1.29 bits per heavy atom. The number of ether oxygens (including phenoxy) is 1. The number of benzene rings is 1. The molecular weight excluding hydrogens is 304 g/mol. The van der Waals surface area contributed by atoms with E-state index in [2.05, 4.69) is 0 Å². The number of amides is 2. The molecule has 0 radical (unpaired) electrons. The normalized spacial score (nSPS) is 22.4. The third-order valence-corrected chi connectivity index (χ3v) is 4.59. The Kier molecular flexibility index (Phi) is 4.92. The minimum absolute atomic E-state index is 0.0208. The summed E-state index contributed by atoms with van der Waals surface area (Å²) in [4.78, 5) is 28.3. The van der Waals surface area contributed by atoms with Crippen LogP contribution in [0.3, 0.4) is 0 Å². The first-order chi connectivity index (χ1) is 11.0. The Morgan fingerprint density at radius 3 is 2.42 bits per heavy atom. The van der Waals surface area contributed by atoms with E-state index in [0.29, 0.717) is 13.0 Å². The molecule has 1 fully saturated rings. The van der Waals surface area contributed by atoms with Crippen LogP contribution in [0.25, 0.3) is 0 Å². The molecule has 0 N–H and O–H groups in total. The molecule has 2 atom stereocenters. The van der Waals surface area contributed by atoms with Crippen molar-refractivity contribution >= 4 is 12.0 Å². The van der Waals surface area contributed by atoms with E-state index in [1.54, 1.807) is 11.9 Å². The van der Waals surface area contributed by atoms with Gasteiger partial charge in [-0.25, -0.2) is 4.79 Å². The van der Waals surface area contributed by atoms with Gasteiger partial charge in [0.2, 0.25) is 5.91 Å². The Hall–Kier alpha value is -2.04. The Balaban J connectivity index is 2.13. The van der Waals surface area contributed by atoms with Crippen molar-refractivity contribution in [3.8, 4) is 0 Å². The van der Waals surface area contributed by atoms with Crippen molar-refractivity contribution in [3.05, 3.63) is 35.9 Å². The van der Waals surface area contributed by atoms with Crippen molar-refractivity contribution in [2.24, 2.45) is 0 Å². The summed E-state index contributed by atoms with van der Waals surface area (Å²) in [6.07, 6.45) is -0.0908. The predicted octanol–water partition coefficient (Wildman–Crippen LogP) is 3.61. The maximum Gasteiger partial charge on any atom is 0.410 e. The zero-order chi connectivity index (χ0) is 18.1. The lowest BCUT2D eigenvalue weighted by atomic mass is 9.99. The van der Waals surface area contributed by atoms with Crippen LogP contribution in [0.15, 0.2) is 30.3 Å². The molecule has 0 unspecified atom stereocenters. The lowest BCUT2D eigenvalue weighted by Gasteiger charge is -2.36. The molecule has 0 aromatic heterocycles. The first-order valence-corrected chi connectivity index (χ1v) is 8.35. The fourth-order valence-corrected chi connectivity index (χ4v) is 2.98. The van der Waals surface area contributed by atoms with E-state index in [1.807, 2.05) is 69.9 Å². The van der Waals surface area contributed by atoms with Crippen LogP contribution in [0.2, 0.25) is 0 Å². The molecule has 0 aliphatic carbocycles. The molecular formula is C19H28N2O3. The number of rotatable bonds is 3. The number of hydrogen-bond donors (Lipinski definition) is 0. The van der Waals surface area contributed by atoms with Crippen molar-refractivity contribution in [2.45, 2.75) is 58.2 Å². The molecule has 0 bridgehead atoms. The number of carbonyl (C=O) groups is 2. The summed E-state index contributed by atoms with van der Waals surface area (Å²) in [7, 11) is 1.71. The van der Waals surface area contributed by atoms with Crippen molar-refractivity contribution in [2.75, 3.05) is 13.6 Å². The van der Waals surface area contributed by atoms with Gasteiger partial charge < -0.3 is 14.5 Å². The maximum atomic E-state index is 12.6. The molecule has 0 saturated carbocycles. The molecule has 2 rings (SSSR count). The smallest absolute Gasteiger partial charge is 0.410 e. The minimum Gasteiger partial charge on any atom is -0.444 e. The Bertz CT molecular complexity index is 609. The second kappa shape index (κ2) is 6.46. The van der Waals surface area contributed by atoms with Crippen molar-refractivity contribution in [1.29, 1.82) is 0 Å². The molecule has 2 amide bonds. The number of likely N-dealkylation sites (N-methyl/N-ethyl adjacent to an activating group) is 1. The molecule has 1 aromatic rings. The quantitative estimate of drug-likeness (QED) is 0.849. The zero-order valence-electron chi connectivity index (χ0n) is 15.5. The van der Waals surface area contributed by atoms with Crippen LogP contribution < -0.4 is 0 Å². The summed E-state index contributed by atoms with van der Waals surface area (Å²) in [5.41, 5.74) is -0.0286. The maximum absolute atomic E-state index is 12.6. The van der Waals surface area contributed by atoms with E-state index >= 15 is 0 Å².